The smallest absolute Gasteiger partial charge is 0.310 e. The molecule has 3 N–H and O–H groups in total. The molecule has 0 amide bonds. The fourth-order valence-corrected chi connectivity index (χ4v) is 7.91. The van der Waals surface area contributed by atoms with Gasteiger partial charge in [-0.3, -0.25) is 9.59 Å². The van der Waals surface area contributed by atoms with Gasteiger partial charge in [-0.25, -0.2) is 0 Å². The van der Waals surface area contributed by atoms with E-state index in [1.54, 1.807) is 6.92 Å². The molecule has 0 aromatic rings. The van der Waals surface area contributed by atoms with Crippen molar-refractivity contribution in [2.75, 3.05) is 0 Å². The minimum atomic E-state index is -0.948. The maximum Gasteiger partial charge on any atom is 0.310 e. The molecule has 0 heterocycles. The molecule has 5 heteroatoms. The van der Waals surface area contributed by atoms with Crippen LogP contribution in [0.5, 0.6) is 0 Å². The molecular weight excluding hydrogens is 320 g/mol. The molecule has 0 saturated heterocycles. The number of fused-ring (bicyclic) bond motifs is 3. The van der Waals surface area contributed by atoms with Gasteiger partial charge >= 0.3 is 11.9 Å². The summed E-state index contributed by atoms with van der Waals surface area (Å²) in [5.41, 5.74) is -2.70. The number of carbonyl (C=O) groups is 2. The molecule has 0 radical (unpaired) electrons. The summed E-state index contributed by atoms with van der Waals surface area (Å²) in [6.07, 6.45) is 6.64. The maximum absolute atomic E-state index is 12.7. The van der Waals surface area contributed by atoms with Gasteiger partial charge in [0, 0.05) is 0 Å². The van der Waals surface area contributed by atoms with Crippen LogP contribution in [0.1, 0.15) is 71.6 Å². The van der Waals surface area contributed by atoms with Gasteiger partial charge in [-0.1, -0.05) is 6.42 Å². The van der Waals surface area contributed by atoms with Crippen molar-refractivity contribution in [3.05, 3.63) is 0 Å². The second-order valence-corrected chi connectivity index (χ2v) is 9.94. The Hall–Kier alpha value is -1.10. The lowest BCUT2D eigenvalue weighted by Crippen LogP contribution is -2.62. The molecule has 7 atom stereocenters. The Morgan fingerprint density at radius 2 is 1.64 bits per heavy atom. The minimum absolute atomic E-state index is 0.000417. The number of aliphatic hydroxyl groups is 1. The van der Waals surface area contributed by atoms with Crippen molar-refractivity contribution in [1.82, 2.24) is 0 Å². The molecule has 4 fully saturated rings. The van der Waals surface area contributed by atoms with Crippen molar-refractivity contribution in [2.24, 2.45) is 34.0 Å². The van der Waals surface area contributed by atoms with E-state index >= 15 is 0 Å². The van der Waals surface area contributed by atoms with Crippen molar-refractivity contribution in [3.8, 4) is 0 Å². The summed E-state index contributed by atoms with van der Waals surface area (Å²) in [5, 5.41) is 31.2. The summed E-state index contributed by atoms with van der Waals surface area (Å²) < 4.78 is 0. The fraction of sp³-hybridized carbons (Fsp3) is 0.900. The van der Waals surface area contributed by atoms with E-state index < -0.39 is 28.4 Å². The molecule has 0 aromatic heterocycles. The van der Waals surface area contributed by atoms with E-state index in [-0.39, 0.29) is 23.2 Å². The van der Waals surface area contributed by atoms with E-state index in [1.807, 2.05) is 6.92 Å². The predicted molar refractivity (Wildman–Crippen MR) is 90.9 cm³/mol. The molecule has 7 unspecified atom stereocenters. The number of hydrogen-bond donors (Lipinski definition) is 3. The minimum Gasteiger partial charge on any atom is -0.481 e. The monoisotopic (exact) mass is 350 g/mol. The number of carboxylic acids is 2. The lowest BCUT2D eigenvalue weighted by molar-refractivity contribution is -0.202. The lowest BCUT2D eigenvalue weighted by atomic mass is 9.40. The van der Waals surface area contributed by atoms with Crippen LogP contribution in [0.25, 0.3) is 0 Å². The van der Waals surface area contributed by atoms with Crippen LogP contribution < -0.4 is 0 Å². The van der Waals surface area contributed by atoms with Crippen molar-refractivity contribution >= 4 is 11.9 Å². The second-order valence-electron chi connectivity index (χ2n) is 9.94. The molecule has 4 aliphatic carbocycles. The van der Waals surface area contributed by atoms with Crippen LogP contribution in [-0.4, -0.2) is 32.9 Å². The summed E-state index contributed by atoms with van der Waals surface area (Å²) in [6, 6.07) is 0. The lowest BCUT2D eigenvalue weighted by Gasteiger charge is -2.62. The average molecular weight is 350 g/mol. The third-order valence-electron chi connectivity index (χ3n) is 8.90. The van der Waals surface area contributed by atoms with E-state index in [1.165, 1.54) is 0 Å². The normalized spacial score (nSPS) is 54.4. The Morgan fingerprint density at radius 3 is 2.28 bits per heavy atom. The molecule has 4 saturated carbocycles. The topological polar surface area (TPSA) is 94.8 Å². The molecule has 1 spiro atoms. The van der Waals surface area contributed by atoms with Crippen LogP contribution in [0.2, 0.25) is 0 Å². The van der Waals surface area contributed by atoms with Crippen molar-refractivity contribution in [1.29, 1.82) is 0 Å². The zero-order valence-corrected chi connectivity index (χ0v) is 15.3. The van der Waals surface area contributed by atoms with Crippen LogP contribution in [0.3, 0.4) is 0 Å². The van der Waals surface area contributed by atoms with E-state index in [0.29, 0.717) is 32.1 Å². The van der Waals surface area contributed by atoms with Gasteiger partial charge in [0.05, 0.1) is 16.4 Å². The third-order valence-corrected chi connectivity index (χ3v) is 8.90. The summed E-state index contributed by atoms with van der Waals surface area (Å²) >= 11 is 0. The number of aliphatic carboxylic acids is 2. The number of carboxylic acid groups (broad SMARTS) is 2. The molecular formula is C20H30O5. The number of hydrogen-bond acceptors (Lipinski definition) is 3. The molecule has 2 bridgehead atoms. The summed E-state index contributed by atoms with van der Waals surface area (Å²) in [5.74, 6) is -1.67. The van der Waals surface area contributed by atoms with Crippen LogP contribution in [0.4, 0.5) is 0 Å². The first-order chi connectivity index (χ1) is 11.6. The van der Waals surface area contributed by atoms with Gasteiger partial charge in [-0.2, -0.15) is 0 Å². The SMILES string of the molecule is CC1(O)CC23CCC4C(C)(C(=O)O)CCCC4(C(=O)O)C2CCC1C3. The van der Waals surface area contributed by atoms with Crippen molar-refractivity contribution in [3.63, 3.8) is 0 Å². The molecule has 0 aromatic carbocycles. The first-order valence-electron chi connectivity index (χ1n) is 9.78. The second kappa shape index (κ2) is 4.99. The Labute approximate surface area is 148 Å². The molecule has 140 valence electrons. The maximum atomic E-state index is 12.7. The first kappa shape index (κ1) is 17.3. The fourth-order valence-electron chi connectivity index (χ4n) is 7.91. The van der Waals surface area contributed by atoms with Gasteiger partial charge in [-0.15, -0.1) is 0 Å². The summed E-state index contributed by atoms with van der Waals surface area (Å²) in [6.45, 7) is 3.68. The summed E-state index contributed by atoms with van der Waals surface area (Å²) in [7, 11) is 0. The van der Waals surface area contributed by atoms with E-state index in [9.17, 15) is 24.9 Å². The van der Waals surface area contributed by atoms with Crippen molar-refractivity contribution < 1.29 is 24.9 Å². The van der Waals surface area contributed by atoms with Gasteiger partial charge in [0.15, 0.2) is 0 Å². The third kappa shape index (κ3) is 1.99. The highest BCUT2D eigenvalue weighted by Gasteiger charge is 2.71. The van der Waals surface area contributed by atoms with Crippen LogP contribution >= 0.6 is 0 Å². The molecule has 5 nitrogen and oxygen atoms in total. The van der Waals surface area contributed by atoms with Crippen LogP contribution in [0.15, 0.2) is 0 Å². The Morgan fingerprint density at radius 1 is 0.920 bits per heavy atom. The highest BCUT2D eigenvalue weighted by molar-refractivity contribution is 5.81. The molecule has 0 aliphatic heterocycles. The molecule has 4 aliphatic rings. The Bertz CT molecular complexity index is 628. The predicted octanol–water partition coefficient (Wildman–Crippen LogP) is 3.30. The average Bonchev–Trinajstić information content (AvgIpc) is 2.71. The van der Waals surface area contributed by atoms with Gasteiger partial charge < -0.3 is 15.3 Å². The molecule has 4 rings (SSSR count). The standard InChI is InChI=1S/C20H30O5/c1-17(15(21)22)7-3-8-20(16(23)24)13(17)6-9-19-10-12(4-5-14(19)20)18(2,25)11-19/h12-14,25H,3-11H2,1-2H3,(H,21,22)(H,23,24). The van der Waals surface area contributed by atoms with E-state index in [0.717, 1.165) is 25.7 Å². The quantitative estimate of drug-likeness (QED) is 0.710. The number of rotatable bonds is 2. The van der Waals surface area contributed by atoms with Crippen LogP contribution in [0, 0.1) is 34.0 Å². The van der Waals surface area contributed by atoms with Crippen LogP contribution in [-0.2, 0) is 9.59 Å². The van der Waals surface area contributed by atoms with Gasteiger partial charge in [0.1, 0.15) is 0 Å². The zero-order chi connectivity index (χ0) is 18.3. The van der Waals surface area contributed by atoms with Crippen molar-refractivity contribution in [2.45, 2.75) is 77.2 Å². The Kier molecular flexibility index (Phi) is 3.46. The highest BCUT2D eigenvalue weighted by atomic mass is 16.4. The molecule has 25 heavy (non-hydrogen) atoms. The van der Waals surface area contributed by atoms with E-state index in [2.05, 4.69) is 0 Å². The van der Waals surface area contributed by atoms with E-state index in [4.69, 9.17) is 0 Å². The highest BCUT2D eigenvalue weighted by Crippen LogP contribution is 2.73. The first-order valence-corrected chi connectivity index (χ1v) is 9.78. The van der Waals surface area contributed by atoms with Gasteiger partial charge in [0.25, 0.3) is 0 Å². The summed E-state index contributed by atoms with van der Waals surface area (Å²) in [4.78, 5) is 24.7. The largest absolute Gasteiger partial charge is 0.481 e. The Balaban J connectivity index is 1.83. The van der Waals surface area contributed by atoms with Gasteiger partial charge in [-0.05, 0) is 88.4 Å². The van der Waals surface area contributed by atoms with Gasteiger partial charge in [0.2, 0.25) is 0 Å². The zero-order valence-electron chi connectivity index (χ0n) is 15.3.